The molecule has 0 bridgehead atoms. The Morgan fingerprint density at radius 3 is 1.94 bits per heavy atom. The lowest BCUT2D eigenvalue weighted by Gasteiger charge is -2.35. The minimum absolute atomic E-state index is 0.0129. The molecule has 0 saturated carbocycles. The van der Waals surface area contributed by atoms with Crippen LogP contribution in [-0.2, 0) is 9.59 Å². The Morgan fingerprint density at radius 2 is 1.38 bits per heavy atom. The average molecular weight is 457 g/mol. The molecule has 5 nitrogen and oxygen atoms in total. The van der Waals surface area contributed by atoms with Crippen molar-refractivity contribution in [2.24, 2.45) is 0 Å². The first-order chi connectivity index (χ1) is 16.7. The highest BCUT2D eigenvalue weighted by Gasteiger charge is 2.31. The van der Waals surface area contributed by atoms with E-state index in [-0.39, 0.29) is 23.8 Å². The van der Waals surface area contributed by atoms with Gasteiger partial charge >= 0.3 is 0 Å². The summed E-state index contributed by atoms with van der Waals surface area (Å²) in [6, 6.07) is 28.9. The Balaban J connectivity index is 1.37. The molecule has 1 aliphatic rings. The van der Waals surface area contributed by atoms with Crippen LogP contribution in [0.15, 0.2) is 91.0 Å². The van der Waals surface area contributed by atoms with Gasteiger partial charge in [-0.15, -0.1) is 0 Å². The molecule has 0 aromatic heterocycles. The molecule has 176 valence electrons. The Morgan fingerprint density at radius 1 is 0.853 bits per heavy atom. The van der Waals surface area contributed by atoms with Gasteiger partial charge in [0.15, 0.2) is 0 Å². The first-order valence-electron chi connectivity index (χ1n) is 12.1. The van der Waals surface area contributed by atoms with E-state index >= 15 is 0 Å². The molecular weight excluding hydrogens is 424 g/mol. The fourth-order valence-corrected chi connectivity index (χ4v) is 4.52. The van der Waals surface area contributed by atoms with Gasteiger partial charge in [-0.1, -0.05) is 85.8 Å². The first kappa shape index (κ1) is 23.6. The number of rotatable bonds is 8. The molecule has 2 atom stereocenters. The monoisotopic (exact) mass is 456 g/mol. The summed E-state index contributed by atoms with van der Waals surface area (Å²) >= 11 is 0. The van der Waals surface area contributed by atoms with Gasteiger partial charge in [-0.25, -0.2) is 0 Å². The van der Waals surface area contributed by atoms with Gasteiger partial charge in [-0.05, 0) is 37.0 Å². The van der Waals surface area contributed by atoms with Crippen molar-refractivity contribution in [2.75, 3.05) is 13.1 Å². The molecule has 1 heterocycles. The van der Waals surface area contributed by atoms with Crippen LogP contribution in [0.1, 0.15) is 49.3 Å². The van der Waals surface area contributed by atoms with Gasteiger partial charge in [0.2, 0.25) is 12.0 Å². The fraction of sp³-hybridized carbons (Fsp3) is 0.310. The highest BCUT2D eigenvalue weighted by Crippen LogP contribution is 2.25. The number of nitrogens with zero attached hydrogens (tertiary/aromatic N) is 1. The van der Waals surface area contributed by atoms with Crippen LogP contribution in [-0.4, -0.2) is 35.8 Å². The molecule has 4 rings (SSSR count). The number of likely N-dealkylation sites (tertiary alicyclic amines) is 1. The Kier molecular flexibility index (Phi) is 7.97. The molecule has 5 heteroatoms. The number of benzene rings is 3. The summed E-state index contributed by atoms with van der Waals surface area (Å²) in [5, 5.41) is 3.17. The molecule has 0 spiro atoms. The molecule has 2 amide bonds. The Hall–Kier alpha value is -3.60. The molecule has 3 aromatic rings. The summed E-state index contributed by atoms with van der Waals surface area (Å²) in [5.41, 5.74) is 1.87. The molecule has 3 aromatic carbocycles. The lowest BCUT2D eigenvalue weighted by molar-refractivity contribution is -0.134. The van der Waals surface area contributed by atoms with Gasteiger partial charge in [0.05, 0.1) is 5.92 Å². The van der Waals surface area contributed by atoms with Crippen molar-refractivity contribution in [2.45, 2.75) is 44.2 Å². The summed E-state index contributed by atoms with van der Waals surface area (Å²) in [6.45, 7) is 3.34. The third-order valence-electron chi connectivity index (χ3n) is 6.40. The minimum Gasteiger partial charge on any atom is -0.476 e. The van der Waals surface area contributed by atoms with Gasteiger partial charge in [-0.2, -0.15) is 0 Å². The maximum Gasteiger partial charge on any atom is 0.266 e. The molecule has 34 heavy (non-hydrogen) atoms. The van der Waals surface area contributed by atoms with E-state index in [1.165, 1.54) is 0 Å². The second-order valence-electron chi connectivity index (χ2n) is 8.70. The molecule has 1 aliphatic heterocycles. The molecule has 2 unspecified atom stereocenters. The number of ether oxygens (including phenoxy) is 1. The molecule has 0 radical (unpaired) electrons. The third kappa shape index (κ3) is 5.84. The largest absolute Gasteiger partial charge is 0.476 e. The maximum absolute atomic E-state index is 13.3. The van der Waals surface area contributed by atoms with Crippen LogP contribution in [0.5, 0.6) is 5.75 Å². The van der Waals surface area contributed by atoms with Crippen LogP contribution in [0.2, 0.25) is 0 Å². The van der Waals surface area contributed by atoms with Gasteiger partial charge < -0.3 is 15.0 Å². The van der Waals surface area contributed by atoms with Crippen LogP contribution >= 0.6 is 0 Å². The zero-order chi connectivity index (χ0) is 23.8. The molecule has 0 aliphatic carbocycles. The van der Waals surface area contributed by atoms with Crippen LogP contribution in [0, 0.1) is 0 Å². The lowest BCUT2D eigenvalue weighted by Crippen LogP contribution is -2.49. The summed E-state index contributed by atoms with van der Waals surface area (Å²) in [4.78, 5) is 28.4. The van der Waals surface area contributed by atoms with Crippen molar-refractivity contribution in [1.29, 1.82) is 0 Å². The summed E-state index contributed by atoms with van der Waals surface area (Å²) in [6.07, 6.45) is 1.51. The number of para-hydroxylation sites is 1. The van der Waals surface area contributed by atoms with Crippen LogP contribution in [0.3, 0.4) is 0 Å². The fourth-order valence-electron chi connectivity index (χ4n) is 4.52. The van der Waals surface area contributed by atoms with Crippen molar-refractivity contribution >= 4 is 11.8 Å². The number of nitrogens with one attached hydrogen (secondary N) is 1. The molecule has 1 fully saturated rings. The predicted octanol–water partition coefficient (Wildman–Crippen LogP) is 5.11. The lowest BCUT2D eigenvalue weighted by atomic mass is 9.93. The van der Waals surface area contributed by atoms with Crippen LogP contribution in [0.4, 0.5) is 0 Å². The van der Waals surface area contributed by atoms with Crippen molar-refractivity contribution in [3.63, 3.8) is 0 Å². The SMILES string of the molecule is CCC(C(=O)N1CCC(NC(=O)C(Oc2ccccc2)c2ccccc2)CC1)c1ccccc1. The Labute approximate surface area is 201 Å². The van der Waals surface area contributed by atoms with Gasteiger partial charge in [0.25, 0.3) is 5.91 Å². The van der Waals surface area contributed by atoms with E-state index in [2.05, 4.69) is 12.2 Å². The number of hydrogen-bond acceptors (Lipinski definition) is 3. The van der Waals surface area contributed by atoms with Crippen molar-refractivity contribution < 1.29 is 14.3 Å². The highest BCUT2D eigenvalue weighted by atomic mass is 16.5. The Bertz CT molecular complexity index is 1050. The standard InChI is InChI=1S/C29H32N2O3/c1-2-26(22-12-6-3-7-13-22)29(33)31-20-18-24(19-21-31)30-28(32)27(23-14-8-4-9-15-23)34-25-16-10-5-11-17-25/h3-17,24,26-27H,2,18-21H2,1H3,(H,30,32). The smallest absolute Gasteiger partial charge is 0.266 e. The van der Waals surface area contributed by atoms with E-state index in [1.54, 1.807) is 0 Å². The van der Waals surface area contributed by atoms with Gasteiger partial charge in [0, 0.05) is 24.7 Å². The topological polar surface area (TPSA) is 58.6 Å². The van der Waals surface area contributed by atoms with Crippen LogP contribution in [0.25, 0.3) is 0 Å². The van der Waals surface area contributed by atoms with E-state index < -0.39 is 6.10 Å². The zero-order valence-corrected chi connectivity index (χ0v) is 19.6. The van der Waals surface area contributed by atoms with Crippen LogP contribution < -0.4 is 10.1 Å². The van der Waals surface area contributed by atoms with Crippen molar-refractivity contribution in [1.82, 2.24) is 10.2 Å². The molecule has 1 N–H and O–H groups in total. The van der Waals surface area contributed by atoms with Gasteiger partial charge in [-0.3, -0.25) is 9.59 Å². The highest BCUT2D eigenvalue weighted by molar-refractivity contribution is 5.84. The van der Waals surface area contributed by atoms with E-state index in [9.17, 15) is 9.59 Å². The molecule has 1 saturated heterocycles. The number of amides is 2. The van der Waals surface area contributed by atoms with Crippen molar-refractivity contribution in [3.05, 3.63) is 102 Å². The summed E-state index contributed by atoms with van der Waals surface area (Å²) < 4.78 is 6.08. The number of carbonyl (C=O) groups is 2. The normalized spacial score (nSPS) is 15.9. The van der Waals surface area contributed by atoms with E-state index in [4.69, 9.17) is 4.74 Å². The second-order valence-corrected chi connectivity index (χ2v) is 8.70. The predicted molar refractivity (Wildman–Crippen MR) is 133 cm³/mol. The minimum atomic E-state index is -0.731. The molecular formula is C29H32N2O3. The van der Waals surface area contributed by atoms with E-state index in [1.807, 2.05) is 95.9 Å². The quantitative estimate of drug-likeness (QED) is 0.513. The van der Waals surface area contributed by atoms with Gasteiger partial charge in [0.1, 0.15) is 5.75 Å². The zero-order valence-electron chi connectivity index (χ0n) is 19.6. The third-order valence-corrected chi connectivity index (χ3v) is 6.40. The number of piperidine rings is 1. The van der Waals surface area contributed by atoms with E-state index in [0.29, 0.717) is 18.8 Å². The number of carbonyl (C=O) groups excluding carboxylic acids is 2. The summed E-state index contributed by atoms with van der Waals surface area (Å²) in [5.74, 6) is 0.552. The maximum atomic E-state index is 13.3. The van der Waals surface area contributed by atoms with E-state index in [0.717, 1.165) is 30.4 Å². The first-order valence-corrected chi connectivity index (χ1v) is 12.1. The second kappa shape index (κ2) is 11.5. The number of hydrogen-bond donors (Lipinski definition) is 1. The summed E-state index contributed by atoms with van der Waals surface area (Å²) in [7, 11) is 0. The average Bonchev–Trinajstić information content (AvgIpc) is 2.90. The van der Waals surface area contributed by atoms with Crippen molar-refractivity contribution in [3.8, 4) is 5.75 Å².